The van der Waals surface area contributed by atoms with Gasteiger partial charge in [-0.15, -0.1) is 0 Å². The Bertz CT molecular complexity index is 296. The van der Waals surface area contributed by atoms with Gasteiger partial charge in [0.25, 0.3) is 0 Å². The first-order valence-electron chi connectivity index (χ1n) is 8.09. The molecule has 4 nitrogen and oxygen atoms in total. The van der Waals surface area contributed by atoms with Crippen molar-refractivity contribution < 1.29 is 4.79 Å². The number of hydrogen-bond acceptors (Lipinski definition) is 3. The molecule has 4 heteroatoms. The zero-order valence-electron chi connectivity index (χ0n) is 14.1. The van der Waals surface area contributed by atoms with Gasteiger partial charge in [-0.1, -0.05) is 6.92 Å². The van der Waals surface area contributed by atoms with E-state index < -0.39 is 0 Å². The molecule has 0 aromatic carbocycles. The van der Waals surface area contributed by atoms with Gasteiger partial charge in [0.1, 0.15) is 0 Å². The fourth-order valence-corrected chi connectivity index (χ4v) is 2.89. The van der Waals surface area contributed by atoms with Crippen LogP contribution in [-0.4, -0.2) is 60.0 Å². The molecule has 1 aliphatic heterocycles. The first-order valence-corrected chi connectivity index (χ1v) is 8.09. The molecule has 1 heterocycles. The number of carbonyl (C=O) groups is 1. The van der Waals surface area contributed by atoms with Gasteiger partial charge in [-0.25, -0.2) is 0 Å². The molecule has 1 saturated heterocycles. The van der Waals surface area contributed by atoms with E-state index in [0.717, 1.165) is 32.6 Å². The molecule has 0 bridgehead atoms. The monoisotopic (exact) mass is 283 g/mol. The van der Waals surface area contributed by atoms with Crippen molar-refractivity contribution in [2.75, 3.05) is 26.2 Å². The summed E-state index contributed by atoms with van der Waals surface area (Å²) in [5, 5.41) is 3.01. The second-order valence-electron chi connectivity index (χ2n) is 6.81. The van der Waals surface area contributed by atoms with Crippen molar-refractivity contribution in [2.24, 2.45) is 5.92 Å². The molecule has 1 N–H and O–H groups in total. The maximum Gasteiger partial charge on any atom is 0.223 e. The maximum atomic E-state index is 12.0. The third-order valence-electron chi connectivity index (χ3n) is 4.28. The number of nitrogens with one attached hydrogen (secondary N) is 1. The van der Waals surface area contributed by atoms with Crippen LogP contribution in [0.3, 0.4) is 0 Å². The van der Waals surface area contributed by atoms with E-state index in [1.54, 1.807) is 0 Å². The molecule has 0 saturated carbocycles. The van der Waals surface area contributed by atoms with Gasteiger partial charge in [0.2, 0.25) is 5.91 Å². The Hall–Kier alpha value is -0.610. The minimum absolute atomic E-state index is 0.0931. The molecule has 0 aromatic rings. The zero-order chi connectivity index (χ0) is 15.3. The molecular formula is C16H33N3O. The highest BCUT2D eigenvalue weighted by atomic mass is 16.1. The van der Waals surface area contributed by atoms with Gasteiger partial charge in [0, 0.05) is 50.2 Å². The summed E-state index contributed by atoms with van der Waals surface area (Å²) in [6.07, 6.45) is 0.945. The SMILES string of the molecule is CC(C)NC(=O)C(C)CC(C)N1CCN(C(C)C)CC1. The molecule has 2 atom stereocenters. The first kappa shape index (κ1) is 17.4. The van der Waals surface area contributed by atoms with Gasteiger partial charge in [-0.3, -0.25) is 14.6 Å². The minimum atomic E-state index is 0.0931. The Morgan fingerprint density at radius 2 is 1.45 bits per heavy atom. The summed E-state index contributed by atoms with van der Waals surface area (Å²) in [6, 6.07) is 1.36. The molecule has 1 aliphatic rings. The molecule has 0 aliphatic carbocycles. The Kier molecular flexibility index (Phi) is 6.96. The molecule has 1 rings (SSSR count). The van der Waals surface area contributed by atoms with Gasteiger partial charge < -0.3 is 5.32 Å². The third kappa shape index (κ3) is 5.41. The number of hydrogen-bond donors (Lipinski definition) is 1. The van der Waals surface area contributed by atoms with Crippen molar-refractivity contribution in [2.45, 2.75) is 66.1 Å². The lowest BCUT2D eigenvalue weighted by molar-refractivity contribution is -0.125. The quantitative estimate of drug-likeness (QED) is 0.809. The molecule has 1 amide bonds. The lowest BCUT2D eigenvalue weighted by Crippen LogP contribution is -2.52. The van der Waals surface area contributed by atoms with E-state index in [2.05, 4.69) is 35.9 Å². The van der Waals surface area contributed by atoms with E-state index in [1.165, 1.54) is 0 Å². The van der Waals surface area contributed by atoms with Crippen LogP contribution in [0.15, 0.2) is 0 Å². The number of carbonyl (C=O) groups excluding carboxylic acids is 1. The average molecular weight is 283 g/mol. The van der Waals surface area contributed by atoms with Crippen LogP contribution in [0.5, 0.6) is 0 Å². The van der Waals surface area contributed by atoms with Crippen LogP contribution in [-0.2, 0) is 4.79 Å². The first-order chi connectivity index (χ1) is 9.31. The number of piperazine rings is 1. The van der Waals surface area contributed by atoms with E-state index in [4.69, 9.17) is 0 Å². The number of rotatable bonds is 6. The van der Waals surface area contributed by atoms with Crippen LogP contribution < -0.4 is 5.32 Å². The summed E-state index contributed by atoms with van der Waals surface area (Å²) in [6.45, 7) is 17.4. The average Bonchev–Trinajstić information content (AvgIpc) is 2.37. The van der Waals surface area contributed by atoms with E-state index in [9.17, 15) is 4.79 Å². The Balaban J connectivity index is 2.36. The smallest absolute Gasteiger partial charge is 0.223 e. The molecule has 1 fully saturated rings. The van der Waals surface area contributed by atoms with E-state index in [-0.39, 0.29) is 17.9 Å². The highest BCUT2D eigenvalue weighted by Gasteiger charge is 2.25. The van der Waals surface area contributed by atoms with Gasteiger partial charge in [0.05, 0.1) is 0 Å². The van der Waals surface area contributed by atoms with Gasteiger partial charge in [0.15, 0.2) is 0 Å². The van der Waals surface area contributed by atoms with E-state index in [1.807, 2.05) is 20.8 Å². The highest BCUT2D eigenvalue weighted by molar-refractivity contribution is 5.78. The van der Waals surface area contributed by atoms with Crippen LogP contribution in [0.1, 0.15) is 48.0 Å². The molecule has 20 heavy (non-hydrogen) atoms. The summed E-state index contributed by atoms with van der Waals surface area (Å²) in [5.41, 5.74) is 0. The fourth-order valence-electron chi connectivity index (χ4n) is 2.89. The van der Waals surface area contributed by atoms with Crippen molar-refractivity contribution in [3.05, 3.63) is 0 Å². The van der Waals surface area contributed by atoms with Crippen LogP contribution in [0.25, 0.3) is 0 Å². The van der Waals surface area contributed by atoms with Gasteiger partial charge in [-0.05, 0) is 41.0 Å². The summed E-state index contributed by atoms with van der Waals surface area (Å²) in [4.78, 5) is 17.0. The summed E-state index contributed by atoms with van der Waals surface area (Å²) in [7, 11) is 0. The van der Waals surface area contributed by atoms with Crippen molar-refractivity contribution in [1.29, 1.82) is 0 Å². The lowest BCUT2D eigenvalue weighted by Gasteiger charge is -2.40. The van der Waals surface area contributed by atoms with Gasteiger partial charge >= 0.3 is 0 Å². The highest BCUT2D eigenvalue weighted by Crippen LogP contribution is 2.15. The predicted octanol–water partition coefficient (Wildman–Crippen LogP) is 1.95. The van der Waals surface area contributed by atoms with Crippen molar-refractivity contribution in [1.82, 2.24) is 15.1 Å². The molecule has 118 valence electrons. The standard InChI is InChI=1S/C16H33N3O/c1-12(2)17-16(20)14(5)11-15(6)19-9-7-18(8-10-19)13(3)4/h12-15H,7-11H2,1-6H3,(H,17,20). The summed E-state index contributed by atoms with van der Waals surface area (Å²) in [5.74, 6) is 0.281. The van der Waals surface area contributed by atoms with Crippen LogP contribution in [0.4, 0.5) is 0 Å². The van der Waals surface area contributed by atoms with Crippen LogP contribution >= 0.6 is 0 Å². The summed E-state index contributed by atoms with van der Waals surface area (Å²) < 4.78 is 0. The molecule has 0 spiro atoms. The number of nitrogens with zero attached hydrogens (tertiary/aromatic N) is 2. The predicted molar refractivity (Wildman–Crippen MR) is 84.8 cm³/mol. The van der Waals surface area contributed by atoms with Crippen LogP contribution in [0.2, 0.25) is 0 Å². The van der Waals surface area contributed by atoms with Crippen molar-refractivity contribution in [3.8, 4) is 0 Å². The number of amides is 1. The van der Waals surface area contributed by atoms with E-state index >= 15 is 0 Å². The molecule has 0 aromatic heterocycles. The zero-order valence-corrected chi connectivity index (χ0v) is 14.1. The Morgan fingerprint density at radius 3 is 1.90 bits per heavy atom. The lowest BCUT2D eigenvalue weighted by atomic mass is 10.00. The van der Waals surface area contributed by atoms with Crippen molar-refractivity contribution >= 4 is 5.91 Å². The molecule has 0 radical (unpaired) electrons. The van der Waals surface area contributed by atoms with Crippen molar-refractivity contribution in [3.63, 3.8) is 0 Å². The van der Waals surface area contributed by atoms with Gasteiger partial charge in [-0.2, -0.15) is 0 Å². The Labute approximate surface area is 124 Å². The van der Waals surface area contributed by atoms with E-state index in [0.29, 0.717) is 12.1 Å². The largest absolute Gasteiger partial charge is 0.354 e. The third-order valence-corrected chi connectivity index (χ3v) is 4.28. The Morgan fingerprint density at radius 1 is 0.950 bits per heavy atom. The minimum Gasteiger partial charge on any atom is -0.354 e. The second kappa shape index (κ2) is 7.99. The second-order valence-corrected chi connectivity index (χ2v) is 6.81. The maximum absolute atomic E-state index is 12.0. The fraction of sp³-hybridized carbons (Fsp3) is 0.938. The topological polar surface area (TPSA) is 35.6 Å². The molecular weight excluding hydrogens is 250 g/mol. The normalized spacial score (nSPS) is 21.2. The van der Waals surface area contributed by atoms with Crippen LogP contribution in [0, 0.1) is 5.92 Å². The molecule has 2 unspecified atom stereocenters. The summed E-state index contributed by atoms with van der Waals surface area (Å²) >= 11 is 0.